The molecular formula is C18H23N3O3S2. The highest BCUT2D eigenvalue weighted by atomic mass is 32.2. The number of carbonyl (C=O) groups is 1. The molecule has 2 aliphatic rings. The molecule has 140 valence electrons. The molecule has 4 rings (SSSR count). The minimum absolute atomic E-state index is 0.00419. The van der Waals surface area contributed by atoms with E-state index in [9.17, 15) is 9.59 Å². The summed E-state index contributed by atoms with van der Waals surface area (Å²) in [5.41, 5.74) is 6.49. The lowest BCUT2D eigenvalue weighted by Gasteiger charge is -2.18. The number of aromatic nitrogens is 2. The first-order chi connectivity index (χ1) is 12.5. The van der Waals surface area contributed by atoms with Gasteiger partial charge < -0.3 is 10.5 Å². The van der Waals surface area contributed by atoms with Gasteiger partial charge in [0.15, 0.2) is 5.16 Å². The Balaban J connectivity index is 1.81. The molecule has 1 amide bonds. The van der Waals surface area contributed by atoms with Crippen molar-refractivity contribution in [1.29, 1.82) is 0 Å². The predicted octanol–water partition coefficient (Wildman–Crippen LogP) is 2.34. The Kier molecular flexibility index (Phi) is 5.07. The van der Waals surface area contributed by atoms with Gasteiger partial charge in [-0.1, -0.05) is 18.7 Å². The van der Waals surface area contributed by atoms with Gasteiger partial charge in [0, 0.05) is 11.5 Å². The molecule has 2 N–H and O–H groups in total. The number of hydrogen-bond acceptors (Lipinski definition) is 6. The number of thiophene rings is 1. The van der Waals surface area contributed by atoms with Crippen molar-refractivity contribution in [1.82, 2.24) is 9.55 Å². The van der Waals surface area contributed by atoms with E-state index < -0.39 is 5.91 Å². The molecular weight excluding hydrogens is 370 g/mol. The standard InChI is InChI=1S/C18H23N3O3S2/c1-10-4-5-12-13(7-10)26-16-15(12)17(23)21(8-11-3-2-6-24-11)18(20-16)25-9-14(19)22/h10-11H,2-9H2,1H3,(H2,19,22)/t10-,11-/m1/s1. The van der Waals surface area contributed by atoms with Crippen molar-refractivity contribution in [3.05, 3.63) is 20.8 Å². The van der Waals surface area contributed by atoms with Crippen LogP contribution in [-0.2, 0) is 28.9 Å². The Labute approximate surface area is 160 Å². The first-order valence-corrected chi connectivity index (χ1v) is 10.9. The van der Waals surface area contributed by atoms with Crippen LogP contribution in [0.2, 0.25) is 0 Å². The van der Waals surface area contributed by atoms with E-state index in [2.05, 4.69) is 6.92 Å². The molecule has 0 unspecified atom stereocenters. The molecule has 1 saturated heterocycles. The summed E-state index contributed by atoms with van der Waals surface area (Å²) in [4.78, 5) is 31.4. The Morgan fingerprint density at radius 3 is 3.04 bits per heavy atom. The number of carbonyl (C=O) groups excluding carboxylic acids is 1. The maximum Gasteiger partial charge on any atom is 0.263 e. The van der Waals surface area contributed by atoms with Crippen molar-refractivity contribution in [2.24, 2.45) is 11.7 Å². The van der Waals surface area contributed by atoms with Gasteiger partial charge in [0.05, 0.1) is 23.8 Å². The second-order valence-electron chi connectivity index (χ2n) is 7.23. The summed E-state index contributed by atoms with van der Waals surface area (Å²) < 4.78 is 7.43. The number of primary amides is 1. The highest BCUT2D eigenvalue weighted by Crippen LogP contribution is 2.36. The first-order valence-electron chi connectivity index (χ1n) is 9.10. The van der Waals surface area contributed by atoms with Gasteiger partial charge in [-0.3, -0.25) is 14.2 Å². The number of nitrogens with two attached hydrogens (primary N) is 1. The quantitative estimate of drug-likeness (QED) is 0.622. The maximum atomic E-state index is 13.3. The Morgan fingerprint density at radius 2 is 2.31 bits per heavy atom. The lowest BCUT2D eigenvalue weighted by molar-refractivity contribution is -0.115. The molecule has 2 atom stereocenters. The SMILES string of the molecule is C[C@@H]1CCc2c(sc3nc(SCC(N)=O)n(C[C@H]4CCCO4)c(=O)c23)C1. The molecule has 0 bridgehead atoms. The molecule has 6 nitrogen and oxygen atoms in total. The fourth-order valence-electron chi connectivity index (χ4n) is 3.80. The monoisotopic (exact) mass is 393 g/mol. The van der Waals surface area contributed by atoms with Crippen molar-refractivity contribution in [2.45, 2.75) is 56.8 Å². The molecule has 8 heteroatoms. The van der Waals surface area contributed by atoms with E-state index >= 15 is 0 Å². The summed E-state index contributed by atoms with van der Waals surface area (Å²) in [5.74, 6) is 0.353. The third-order valence-corrected chi connectivity index (χ3v) is 7.28. The largest absolute Gasteiger partial charge is 0.376 e. The summed E-state index contributed by atoms with van der Waals surface area (Å²) in [6.07, 6.45) is 5.08. The number of amides is 1. The van der Waals surface area contributed by atoms with E-state index in [1.807, 2.05) is 0 Å². The molecule has 0 aromatic carbocycles. The zero-order chi connectivity index (χ0) is 18.3. The van der Waals surface area contributed by atoms with E-state index in [0.717, 1.165) is 48.9 Å². The third kappa shape index (κ3) is 3.42. The summed E-state index contributed by atoms with van der Waals surface area (Å²) in [6, 6.07) is 0. The molecule has 0 spiro atoms. The van der Waals surface area contributed by atoms with Crippen LogP contribution in [0.3, 0.4) is 0 Å². The second-order valence-corrected chi connectivity index (χ2v) is 9.26. The highest BCUT2D eigenvalue weighted by molar-refractivity contribution is 7.99. The van der Waals surface area contributed by atoms with Crippen molar-refractivity contribution in [2.75, 3.05) is 12.4 Å². The van der Waals surface area contributed by atoms with E-state index in [1.165, 1.54) is 22.2 Å². The molecule has 0 radical (unpaired) electrons. The van der Waals surface area contributed by atoms with Crippen molar-refractivity contribution >= 4 is 39.2 Å². The Morgan fingerprint density at radius 1 is 1.46 bits per heavy atom. The van der Waals surface area contributed by atoms with Gasteiger partial charge in [-0.2, -0.15) is 0 Å². The van der Waals surface area contributed by atoms with Crippen LogP contribution in [0.4, 0.5) is 0 Å². The van der Waals surface area contributed by atoms with Gasteiger partial charge in [-0.25, -0.2) is 4.98 Å². The number of nitrogens with zero attached hydrogens (tertiary/aromatic N) is 2. The summed E-state index contributed by atoms with van der Waals surface area (Å²) in [7, 11) is 0. The second kappa shape index (κ2) is 7.32. The fourth-order valence-corrected chi connectivity index (χ4v) is 5.98. The fraction of sp³-hybridized carbons (Fsp3) is 0.611. The molecule has 2 aromatic heterocycles. The number of fused-ring (bicyclic) bond motifs is 3. The van der Waals surface area contributed by atoms with Gasteiger partial charge in [0.25, 0.3) is 5.56 Å². The lowest BCUT2D eigenvalue weighted by Crippen LogP contribution is -2.29. The van der Waals surface area contributed by atoms with Crippen molar-refractivity contribution in [3.63, 3.8) is 0 Å². The summed E-state index contributed by atoms with van der Waals surface area (Å²) in [6.45, 7) is 3.49. The predicted molar refractivity (Wildman–Crippen MR) is 104 cm³/mol. The third-order valence-electron chi connectivity index (χ3n) is 5.13. The van der Waals surface area contributed by atoms with Crippen LogP contribution in [0.15, 0.2) is 9.95 Å². The number of rotatable bonds is 5. The highest BCUT2D eigenvalue weighted by Gasteiger charge is 2.26. The van der Waals surface area contributed by atoms with Gasteiger partial charge in [-0.05, 0) is 43.6 Å². The lowest BCUT2D eigenvalue weighted by atomic mass is 9.89. The van der Waals surface area contributed by atoms with E-state index in [4.69, 9.17) is 15.5 Å². The van der Waals surface area contributed by atoms with Crippen LogP contribution in [0.1, 0.15) is 36.6 Å². The minimum Gasteiger partial charge on any atom is -0.376 e. The van der Waals surface area contributed by atoms with Gasteiger partial charge in [-0.15, -0.1) is 11.3 Å². The summed E-state index contributed by atoms with van der Waals surface area (Å²) in [5, 5.41) is 1.35. The molecule has 1 aliphatic heterocycles. The van der Waals surface area contributed by atoms with E-state index in [0.29, 0.717) is 17.6 Å². The zero-order valence-corrected chi connectivity index (χ0v) is 16.5. The minimum atomic E-state index is -0.410. The van der Waals surface area contributed by atoms with Crippen LogP contribution in [-0.4, -0.2) is 33.9 Å². The Bertz CT molecular complexity index is 899. The average molecular weight is 394 g/mol. The Hall–Kier alpha value is -1.38. The van der Waals surface area contributed by atoms with E-state index in [1.54, 1.807) is 15.9 Å². The van der Waals surface area contributed by atoms with Gasteiger partial charge in [0.2, 0.25) is 5.91 Å². The summed E-state index contributed by atoms with van der Waals surface area (Å²) >= 11 is 2.87. The maximum absolute atomic E-state index is 13.3. The van der Waals surface area contributed by atoms with Crippen LogP contribution in [0.25, 0.3) is 10.2 Å². The normalized spacial score (nSPS) is 22.7. The van der Waals surface area contributed by atoms with Crippen LogP contribution in [0, 0.1) is 5.92 Å². The number of hydrogen-bond donors (Lipinski definition) is 1. The first kappa shape index (κ1) is 18.0. The van der Waals surface area contributed by atoms with Crippen LogP contribution in [0.5, 0.6) is 0 Å². The molecule has 1 aliphatic carbocycles. The molecule has 0 saturated carbocycles. The van der Waals surface area contributed by atoms with Gasteiger partial charge >= 0.3 is 0 Å². The number of ether oxygens (including phenoxy) is 1. The van der Waals surface area contributed by atoms with Crippen molar-refractivity contribution in [3.8, 4) is 0 Å². The van der Waals surface area contributed by atoms with Gasteiger partial charge in [0.1, 0.15) is 4.83 Å². The smallest absolute Gasteiger partial charge is 0.263 e. The van der Waals surface area contributed by atoms with Crippen LogP contribution >= 0.6 is 23.1 Å². The molecule has 3 heterocycles. The van der Waals surface area contributed by atoms with E-state index in [-0.39, 0.29) is 17.4 Å². The number of aryl methyl sites for hydroxylation is 1. The van der Waals surface area contributed by atoms with Crippen LogP contribution < -0.4 is 11.3 Å². The molecule has 2 aromatic rings. The number of thioether (sulfide) groups is 1. The molecule has 26 heavy (non-hydrogen) atoms. The zero-order valence-electron chi connectivity index (χ0n) is 14.8. The molecule has 1 fully saturated rings. The van der Waals surface area contributed by atoms with Crippen molar-refractivity contribution < 1.29 is 9.53 Å². The average Bonchev–Trinajstić information content (AvgIpc) is 3.22. The topological polar surface area (TPSA) is 87.2 Å².